The van der Waals surface area contributed by atoms with E-state index in [0.29, 0.717) is 6.42 Å². The number of hydrogen-bond donors (Lipinski definition) is 1. The van der Waals surface area contributed by atoms with Crippen LogP contribution in [0.4, 0.5) is 11.8 Å². The number of nitrogens with one attached hydrogen (secondary N) is 1. The molecule has 0 unspecified atom stereocenters. The molecule has 6 heteroatoms. The molecule has 1 saturated heterocycles. The molecule has 0 saturated carbocycles. The molecule has 144 valence electrons. The summed E-state index contributed by atoms with van der Waals surface area (Å²) in [5, 5.41) is 3.25. The van der Waals surface area contributed by atoms with Crippen LogP contribution in [0.5, 0.6) is 0 Å². The van der Waals surface area contributed by atoms with Gasteiger partial charge in [0.2, 0.25) is 11.9 Å². The zero-order valence-corrected chi connectivity index (χ0v) is 16.3. The van der Waals surface area contributed by atoms with Gasteiger partial charge in [0.05, 0.1) is 0 Å². The summed E-state index contributed by atoms with van der Waals surface area (Å²) in [5.74, 6) is 1.87. The van der Waals surface area contributed by atoms with Crippen molar-refractivity contribution in [2.45, 2.75) is 33.1 Å². The molecular formula is C21H29N5O. The van der Waals surface area contributed by atoms with Crippen molar-refractivity contribution in [3.8, 4) is 0 Å². The van der Waals surface area contributed by atoms with Gasteiger partial charge in [0, 0.05) is 50.9 Å². The zero-order valence-electron chi connectivity index (χ0n) is 16.3. The summed E-state index contributed by atoms with van der Waals surface area (Å²) in [6, 6.07) is 12.3. The number of aryl methyl sites for hydroxylation is 2. The van der Waals surface area contributed by atoms with E-state index >= 15 is 0 Å². The Morgan fingerprint density at radius 3 is 2.56 bits per heavy atom. The number of aromatic nitrogens is 2. The summed E-state index contributed by atoms with van der Waals surface area (Å²) in [5.41, 5.74) is 2.25. The summed E-state index contributed by atoms with van der Waals surface area (Å²) in [4.78, 5) is 25.8. The fraction of sp³-hybridized carbons (Fsp3) is 0.476. The van der Waals surface area contributed by atoms with Crippen LogP contribution in [0.25, 0.3) is 0 Å². The highest BCUT2D eigenvalue weighted by molar-refractivity contribution is 5.76. The van der Waals surface area contributed by atoms with Gasteiger partial charge in [0.15, 0.2) is 0 Å². The quantitative estimate of drug-likeness (QED) is 0.815. The summed E-state index contributed by atoms with van der Waals surface area (Å²) in [6.07, 6.45) is 2.47. The maximum absolute atomic E-state index is 12.5. The molecule has 1 aromatic carbocycles. The van der Waals surface area contributed by atoms with Crippen LogP contribution in [0.3, 0.4) is 0 Å². The molecule has 0 atom stereocenters. The third kappa shape index (κ3) is 5.42. The Bertz CT molecular complexity index is 741. The second-order valence-electron chi connectivity index (χ2n) is 6.93. The molecule has 0 radical (unpaired) electrons. The number of amides is 1. The molecule has 1 amide bonds. The van der Waals surface area contributed by atoms with Crippen molar-refractivity contribution in [3.63, 3.8) is 0 Å². The molecule has 0 spiro atoms. The third-order valence-electron chi connectivity index (χ3n) is 4.81. The average molecular weight is 367 g/mol. The lowest BCUT2D eigenvalue weighted by Crippen LogP contribution is -2.49. The Kier molecular flexibility index (Phi) is 6.63. The van der Waals surface area contributed by atoms with E-state index in [1.165, 1.54) is 5.56 Å². The minimum absolute atomic E-state index is 0.254. The van der Waals surface area contributed by atoms with Gasteiger partial charge in [-0.25, -0.2) is 4.98 Å². The molecule has 3 rings (SSSR count). The molecule has 0 aliphatic carbocycles. The van der Waals surface area contributed by atoms with Gasteiger partial charge in [0.1, 0.15) is 5.82 Å². The molecule has 0 bridgehead atoms. The minimum atomic E-state index is 0.254. The van der Waals surface area contributed by atoms with Gasteiger partial charge in [-0.05, 0) is 32.3 Å². The first-order chi connectivity index (χ1) is 13.2. The van der Waals surface area contributed by atoms with Gasteiger partial charge < -0.3 is 15.1 Å². The van der Waals surface area contributed by atoms with E-state index in [2.05, 4.69) is 39.2 Å². The lowest BCUT2D eigenvalue weighted by Gasteiger charge is -2.35. The molecule has 6 nitrogen and oxygen atoms in total. The number of nitrogens with zero attached hydrogens (tertiary/aromatic N) is 4. The van der Waals surface area contributed by atoms with Gasteiger partial charge in [-0.15, -0.1) is 0 Å². The predicted octanol–water partition coefficient (Wildman–Crippen LogP) is 2.89. The van der Waals surface area contributed by atoms with Crippen LogP contribution in [-0.2, 0) is 11.2 Å². The van der Waals surface area contributed by atoms with Gasteiger partial charge >= 0.3 is 0 Å². The van der Waals surface area contributed by atoms with Crippen LogP contribution < -0.4 is 10.2 Å². The second-order valence-corrected chi connectivity index (χ2v) is 6.93. The average Bonchev–Trinajstić information content (AvgIpc) is 2.69. The molecule has 1 aliphatic heterocycles. The Morgan fingerprint density at radius 1 is 1.11 bits per heavy atom. The van der Waals surface area contributed by atoms with Crippen molar-refractivity contribution in [2.24, 2.45) is 0 Å². The van der Waals surface area contributed by atoms with Gasteiger partial charge in [-0.3, -0.25) is 4.79 Å². The van der Waals surface area contributed by atoms with Crippen molar-refractivity contribution >= 4 is 17.7 Å². The summed E-state index contributed by atoms with van der Waals surface area (Å²) < 4.78 is 0. The largest absolute Gasteiger partial charge is 0.370 e. The maximum Gasteiger partial charge on any atom is 0.227 e. The van der Waals surface area contributed by atoms with Crippen LogP contribution in [0.2, 0.25) is 0 Å². The number of hydrogen-bond acceptors (Lipinski definition) is 5. The van der Waals surface area contributed by atoms with Crippen molar-refractivity contribution in [2.75, 3.05) is 42.9 Å². The Morgan fingerprint density at radius 2 is 1.85 bits per heavy atom. The first-order valence-corrected chi connectivity index (χ1v) is 9.82. The van der Waals surface area contributed by atoms with E-state index in [1.807, 2.05) is 36.1 Å². The molecule has 1 aromatic heterocycles. The molecule has 1 fully saturated rings. The number of rotatable bonds is 7. The monoisotopic (exact) mass is 367 g/mol. The van der Waals surface area contributed by atoms with Crippen molar-refractivity contribution in [3.05, 3.63) is 47.7 Å². The van der Waals surface area contributed by atoms with Crippen LogP contribution in [-0.4, -0.2) is 53.5 Å². The van der Waals surface area contributed by atoms with E-state index in [4.69, 9.17) is 0 Å². The molecule has 1 N–H and O–H groups in total. The fourth-order valence-corrected chi connectivity index (χ4v) is 3.37. The number of carbonyl (C=O) groups is 1. The molecule has 1 aliphatic rings. The van der Waals surface area contributed by atoms with Crippen molar-refractivity contribution < 1.29 is 4.79 Å². The Balaban J connectivity index is 1.47. The lowest BCUT2D eigenvalue weighted by molar-refractivity contribution is -0.131. The molecule has 2 aromatic rings. The number of anilines is 2. The maximum atomic E-state index is 12.5. The van der Waals surface area contributed by atoms with Crippen LogP contribution in [0, 0.1) is 6.92 Å². The first kappa shape index (κ1) is 19.1. The van der Waals surface area contributed by atoms with Gasteiger partial charge in [-0.1, -0.05) is 30.3 Å². The topological polar surface area (TPSA) is 61.4 Å². The van der Waals surface area contributed by atoms with E-state index in [0.717, 1.165) is 63.0 Å². The highest BCUT2D eigenvalue weighted by Gasteiger charge is 2.22. The smallest absolute Gasteiger partial charge is 0.227 e. The van der Waals surface area contributed by atoms with Crippen molar-refractivity contribution in [1.29, 1.82) is 0 Å². The van der Waals surface area contributed by atoms with Crippen LogP contribution in [0.15, 0.2) is 36.4 Å². The second kappa shape index (κ2) is 9.35. The first-order valence-electron chi connectivity index (χ1n) is 9.82. The molecule has 2 heterocycles. The van der Waals surface area contributed by atoms with Gasteiger partial charge in [0.25, 0.3) is 0 Å². The number of carbonyl (C=O) groups excluding carboxylic acids is 1. The SMILES string of the molecule is CCNc1cc(C)nc(N2CCN(C(=O)CCCc3ccccc3)CC2)n1. The summed E-state index contributed by atoms with van der Waals surface area (Å²) in [6.45, 7) is 7.90. The summed E-state index contributed by atoms with van der Waals surface area (Å²) in [7, 11) is 0. The van der Waals surface area contributed by atoms with Crippen LogP contribution >= 0.6 is 0 Å². The van der Waals surface area contributed by atoms with Crippen LogP contribution in [0.1, 0.15) is 31.0 Å². The van der Waals surface area contributed by atoms with E-state index in [1.54, 1.807) is 0 Å². The fourth-order valence-electron chi connectivity index (χ4n) is 3.37. The molecule has 27 heavy (non-hydrogen) atoms. The van der Waals surface area contributed by atoms with E-state index < -0.39 is 0 Å². The highest BCUT2D eigenvalue weighted by Crippen LogP contribution is 2.16. The summed E-state index contributed by atoms with van der Waals surface area (Å²) >= 11 is 0. The predicted molar refractivity (Wildman–Crippen MR) is 109 cm³/mol. The number of piperazine rings is 1. The van der Waals surface area contributed by atoms with Gasteiger partial charge in [-0.2, -0.15) is 4.98 Å². The lowest BCUT2D eigenvalue weighted by atomic mass is 10.1. The number of benzene rings is 1. The normalized spacial score (nSPS) is 14.3. The van der Waals surface area contributed by atoms with Crippen molar-refractivity contribution in [1.82, 2.24) is 14.9 Å². The van der Waals surface area contributed by atoms with E-state index in [9.17, 15) is 4.79 Å². The zero-order chi connectivity index (χ0) is 19.1. The Hall–Kier alpha value is -2.63. The standard InChI is InChI=1S/C21H29N5O/c1-3-22-19-16-17(2)23-21(24-19)26-14-12-25(13-15-26)20(27)11-7-10-18-8-5-4-6-9-18/h4-6,8-9,16H,3,7,10-15H2,1-2H3,(H,22,23,24). The highest BCUT2D eigenvalue weighted by atomic mass is 16.2. The Labute approximate surface area is 161 Å². The minimum Gasteiger partial charge on any atom is -0.370 e. The van der Waals surface area contributed by atoms with E-state index in [-0.39, 0.29) is 5.91 Å². The molecular weight excluding hydrogens is 338 g/mol. The third-order valence-corrected chi connectivity index (χ3v) is 4.81.